The molecule has 0 rings (SSSR count). The van der Waals surface area contributed by atoms with Crippen molar-refractivity contribution < 1.29 is 10.2 Å². The van der Waals surface area contributed by atoms with Gasteiger partial charge in [-0.15, -0.1) is 0 Å². The smallest absolute Gasteiger partial charge is 0.0584 e. The number of aliphatic hydroxyl groups is 2. The summed E-state index contributed by atoms with van der Waals surface area (Å²) in [5.41, 5.74) is 0. The monoisotopic (exact) mass is 232 g/mol. The minimum atomic E-state index is 0.201. The normalized spacial score (nSPS) is 15.0. The summed E-state index contributed by atoms with van der Waals surface area (Å²) >= 11 is 0. The summed E-state index contributed by atoms with van der Waals surface area (Å²) in [4.78, 5) is 0. The molecule has 2 atom stereocenters. The zero-order valence-electron chi connectivity index (χ0n) is 10.7. The molecule has 0 fully saturated rings. The van der Waals surface area contributed by atoms with Crippen LogP contribution in [0.3, 0.4) is 0 Å². The Bertz CT molecular complexity index is 129. The van der Waals surface area contributed by atoms with Crippen LogP contribution in [0.5, 0.6) is 0 Å². The Labute approximate surface area is 99.4 Å². The Morgan fingerprint density at radius 1 is 0.812 bits per heavy atom. The van der Waals surface area contributed by atoms with Crippen molar-refractivity contribution in [2.75, 3.05) is 26.3 Å². The third kappa shape index (κ3) is 8.05. The van der Waals surface area contributed by atoms with Crippen LogP contribution in [0.15, 0.2) is 0 Å². The molecule has 0 heterocycles. The van der Waals surface area contributed by atoms with Crippen molar-refractivity contribution in [1.82, 2.24) is 10.6 Å². The van der Waals surface area contributed by atoms with Gasteiger partial charge in [0.05, 0.1) is 13.2 Å². The maximum Gasteiger partial charge on any atom is 0.0584 e. The summed E-state index contributed by atoms with van der Waals surface area (Å²) in [6.07, 6.45) is 4.19. The summed E-state index contributed by atoms with van der Waals surface area (Å²) in [7, 11) is 0. The van der Waals surface area contributed by atoms with Crippen LogP contribution in [-0.2, 0) is 0 Å². The lowest BCUT2D eigenvalue weighted by molar-refractivity contribution is 0.224. The van der Waals surface area contributed by atoms with E-state index in [0.717, 1.165) is 38.8 Å². The van der Waals surface area contributed by atoms with E-state index in [1.54, 1.807) is 0 Å². The molecule has 0 aromatic carbocycles. The molecule has 0 aromatic heterocycles. The van der Waals surface area contributed by atoms with Crippen molar-refractivity contribution in [1.29, 1.82) is 0 Å². The zero-order valence-corrected chi connectivity index (χ0v) is 10.7. The second kappa shape index (κ2) is 11.3. The number of hydrogen-bond donors (Lipinski definition) is 4. The van der Waals surface area contributed by atoms with Gasteiger partial charge in [0, 0.05) is 25.2 Å². The molecule has 0 spiro atoms. The molecular formula is C12H28N2O2. The third-order valence-corrected chi connectivity index (χ3v) is 2.71. The quantitative estimate of drug-likeness (QED) is 0.391. The van der Waals surface area contributed by atoms with Crippen LogP contribution in [0, 0.1) is 0 Å². The number of aliphatic hydroxyl groups excluding tert-OH is 2. The van der Waals surface area contributed by atoms with Gasteiger partial charge in [-0.25, -0.2) is 0 Å². The second-order valence-electron chi connectivity index (χ2n) is 4.24. The lowest BCUT2D eigenvalue weighted by atomic mass is 10.1. The first-order valence-corrected chi connectivity index (χ1v) is 6.46. The van der Waals surface area contributed by atoms with Crippen LogP contribution < -0.4 is 10.6 Å². The molecule has 0 saturated heterocycles. The first-order chi connectivity index (χ1) is 7.78. The van der Waals surface area contributed by atoms with Gasteiger partial charge in [-0.1, -0.05) is 26.7 Å². The molecule has 16 heavy (non-hydrogen) atoms. The van der Waals surface area contributed by atoms with E-state index >= 15 is 0 Å². The van der Waals surface area contributed by atoms with E-state index in [0.29, 0.717) is 0 Å². The van der Waals surface area contributed by atoms with E-state index in [2.05, 4.69) is 24.5 Å². The molecule has 0 aliphatic carbocycles. The maximum absolute atomic E-state index is 9.07. The zero-order chi connectivity index (χ0) is 12.2. The highest BCUT2D eigenvalue weighted by atomic mass is 16.3. The lowest BCUT2D eigenvalue weighted by Gasteiger charge is -2.18. The Morgan fingerprint density at radius 3 is 1.44 bits per heavy atom. The number of hydrogen-bond acceptors (Lipinski definition) is 4. The first-order valence-electron chi connectivity index (χ1n) is 6.46. The van der Waals surface area contributed by atoms with Gasteiger partial charge in [-0.2, -0.15) is 0 Å². The Balaban J connectivity index is 3.48. The molecule has 4 nitrogen and oxygen atoms in total. The Morgan fingerprint density at radius 2 is 1.19 bits per heavy atom. The molecule has 4 N–H and O–H groups in total. The highest BCUT2D eigenvalue weighted by Gasteiger charge is 2.06. The van der Waals surface area contributed by atoms with E-state index in [-0.39, 0.29) is 25.3 Å². The van der Waals surface area contributed by atoms with Crippen molar-refractivity contribution >= 4 is 0 Å². The standard InChI is InChI=1S/C12H28N2O2/c1-3-5-11(9-15)13-7-8-14-12(10-16)6-4-2/h11-16H,3-10H2,1-2H3. The van der Waals surface area contributed by atoms with Crippen LogP contribution in [-0.4, -0.2) is 48.6 Å². The molecule has 0 aliphatic rings. The minimum absolute atomic E-state index is 0.201. The predicted molar refractivity (Wildman–Crippen MR) is 67.6 cm³/mol. The van der Waals surface area contributed by atoms with Gasteiger partial charge >= 0.3 is 0 Å². The van der Waals surface area contributed by atoms with E-state index in [9.17, 15) is 0 Å². The van der Waals surface area contributed by atoms with Crippen LogP contribution >= 0.6 is 0 Å². The van der Waals surface area contributed by atoms with Crippen LogP contribution in [0.4, 0.5) is 0 Å². The van der Waals surface area contributed by atoms with Gasteiger partial charge in [-0.3, -0.25) is 0 Å². The third-order valence-electron chi connectivity index (χ3n) is 2.71. The molecular weight excluding hydrogens is 204 g/mol. The first kappa shape index (κ1) is 15.8. The van der Waals surface area contributed by atoms with Crippen LogP contribution in [0.2, 0.25) is 0 Å². The molecule has 4 heteroatoms. The summed E-state index contributed by atoms with van der Waals surface area (Å²) in [5, 5.41) is 24.7. The van der Waals surface area contributed by atoms with Crippen molar-refractivity contribution in [2.45, 2.75) is 51.6 Å². The Hall–Kier alpha value is -0.160. The molecule has 0 bridgehead atoms. The highest BCUT2D eigenvalue weighted by molar-refractivity contribution is 4.68. The van der Waals surface area contributed by atoms with Gasteiger partial charge in [0.2, 0.25) is 0 Å². The summed E-state index contributed by atoms with van der Waals surface area (Å²) < 4.78 is 0. The van der Waals surface area contributed by atoms with Crippen molar-refractivity contribution in [3.8, 4) is 0 Å². The van der Waals surface area contributed by atoms with Gasteiger partial charge < -0.3 is 20.8 Å². The molecule has 0 saturated carbocycles. The SMILES string of the molecule is CCCC(CO)NCCNC(CO)CCC. The lowest BCUT2D eigenvalue weighted by Crippen LogP contribution is -2.41. The predicted octanol–water partition coefficient (Wildman–Crippen LogP) is 0.488. The fraction of sp³-hybridized carbons (Fsp3) is 1.00. The van der Waals surface area contributed by atoms with Gasteiger partial charge in [0.25, 0.3) is 0 Å². The van der Waals surface area contributed by atoms with Gasteiger partial charge in [0.15, 0.2) is 0 Å². The van der Waals surface area contributed by atoms with Crippen molar-refractivity contribution in [3.05, 3.63) is 0 Å². The average molecular weight is 232 g/mol. The van der Waals surface area contributed by atoms with E-state index in [1.165, 1.54) is 0 Å². The molecule has 2 unspecified atom stereocenters. The maximum atomic E-state index is 9.07. The molecule has 0 radical (unpaired) electrons. The fourth-order valence-corrected chi connectivity index (χ4v) is 1.77. The van der Waals surface area contributed by atoms with Crippen molar-refractivity contribution in [3.63, 3.8) is 0 Å². The van der Waals surface area contributed by atoms with E-state index < -0.39 is 0 Å². The summed E-state index contributed by atoms with van der Waals surface area (Å²) in [5.74, 6) is 0. The van der Waals surface area contributed by atoms with Crippen LogP contribution in [0.25, 0.3) is 0 Å². The molecule has 98 valence electrons. The fourth-order valence-electron chi connectivity index (χ4n) is 1.77. The largest absolute Gasteiger partial charge is 0.395 e. The van der Waals surface area contributed by atoms with Gasteiger partial charge in [-0.05, 0) is 12.8 Å². The average Bonchev–Trinajstić information content (AvgIpc) is 2.31. The topological polar surface area (TPSA) is 64.5 Å². The summed E-state index contributed by atoms with van der Waals surface area (Å²) in [6.45, 7) is 6.31. The van der Waals surface area contributed by atoms with E-state index in [1.807, 2.05) is 0 Å². The van der Waals surface area contributed by atoms with Crippen molar-refractivity contribution in [2.24, 2.45) is 0 Å². The number of rotatable bonds is 11. The van der Waals surface area contributed by atoms with Gasteiger partial charge in [0.1, 0.15) is 0 Å². The van der Waals surface area contributed by atoms with E-state index in [4.69, 9.17) is 10.2 Å². The molecule has 0 aromatic rings. The second-order valence-corrected chi connectivity index (χ2v) is 4.24. The minimum Gasteiger partial charge on any atom is -0.395 e. The molecule has 0 aliphatic heterocycles. The number of nitrogens with one attached hydrogen (secondary N) is 2. The highest BCUT2D eigenvalue weighted by Crippen LogP contribution is 1.96. The Kier molecular flexibility index (Phi) is 11.2. The summed E-state index contributed by atoms with van der Waals surface area (Å²) in [6, 6.07) is 0.427. The van der Waals surface area contributed by atoms with Crippen LogP contribution in [0.1, 0.15) is 39.5 Å². The molecule has 0 amide bonds.